The van der Waals surface area contributed by atoms with Crippen molar-refractivity contribution in [3.63, 3.8) is 0 Å². The van der Waals surface area contributed by atoms with Gasteiger partial charge >= 0.3 is 0 Å². The van der Waals surface area contributed by atoms with E-state index in [1.807, 2.05) is 6.07 Å². The lowest BCUT2D eigenvalue weighted by molar-refractivity contribution is -0.126. The Labute approximate surface area is 99.5 Å². The van der Waals surface area contributed by atoms with Gasteiger partial charge in [-0.3, -0.25) is 9.78 Å². The number of rotatable bonds is 4. The molecule has 1 heterocycles. The molecule has 1 rings (SSSR count). The second-order valence-electron chi connectivity index (χ2n) is 4.15. The zero-order chi connectivity index (χ0) is 12.9. The van der Waals surface area contributed by atoms with Crippen molar-refractivity contribution in [3.8, 4) is 0 Å². The number of nitrogens with zero attached hydrogens (tertiary/aromatic N) is 2. The van der Waals surface area contributed by atoms with E-state index in [-0.39, 0.29) is 11.7 Å². The van der Waals surface area contributed by atoms with Crippen molar-refractivity contribution in [2.45, 2.75) is 20.4 Å². The lowest BCUT2D eigenvalue weighted by Gasteiger charge is -2.21. The Hall–Kier alpha value is -2.11. The van der Waals surface area contributed by atoms with E-state index in [0.29, 0.717) is 6.54 Å². The molecule has 1 aromatic rings. The van der Waals surface area contributed by atoms with Gasteiger partial charge in [-0.1, -0.05) is 11.2 Å². The number of amidine groups is 1. The van der Waals surface area contributed by atoms with Crippen LogP contribution in [0.25, 0.3) is 0 Å². The molecule has 0 aromatic carbocycles. The number of pyridine rings is 1. The van der Waals surface area contributed by atoms with Crippen LogP contribution in [0.15, 0.2) is 29.7 Å². The van der Waals surface area contributed by atoms with E-state index >= 15 is 0 Å². The van der Waals surface area contributed by atoms with E-state index < -0.39 is 5.41 Å². The molecule has 92 valence electrons. The van der Waals surface area contributed by atoms with Crippen LogP contribution in [-0.2, 0) is 11.3 Å². The lowest BCUT2D eigenvalue weighted by Crippen LogP contribution is -2.45. The van der Waals surface area contributed by atoms with Gasteiger partial charge in [0.2, 0.25) is 5.91 Å². The summed E-state index contributed by atoms with van der Waals surface area (Å²) in [5.74, 6) is -0.433. The molecule has 1 amide bonds. The molecular weight excluding hydrogens is 220 g/mol. The highest BCUT2D eigenvalue weighted by molar-refractivity contribution is 6.05. The van der Waals surface area contributed by atoms with Crippen LogP contribution in [0.4, 0.5) is 0 Å². The standard InChI is InChI=1S/C11H16N4O2/c1-11(2,9(12)15-17)10(16)14-7-8-4-3-5-13-6-8/h3-6,17H,7H2,1-2H3,(H2,12,15)(H,14,16). The summed E-state index contributed by atoms with van der Waals surface area (Å²) in [6, 6.07) is 3.64. The van der Waals surface area contributed by atoms with Crippen LogP contribution in [0, 0.1) is 5.41 Å². The number of carbonyl (C=O) groups is 1. The monoisotopic (exact) mass is 236 g/mol. The third-order valence-corrected chi connectivity index (χ3v) is 2.49. The first-order valence-electron chi connectivity index (χ1n) is 5.13. The molecule has 0 radical (unpaired) electrons. The first-order valence-corrected chi connectivity index (χ1v) is 5.13. The van der Waals surface area contributed by atoms with E-state index in [1.54, 1.807) is 32.3 Å². The minimum absolute atomic E-state index is 0.124. The van der Waals surface area contributed by atoms with Gasteiger partial charge in [0.15, 0.2) is 5.84 Å². The predicted octanol–water partition coefficient (Wildman–Crippen LogP) is 0.470. The molecule has 0 saturated carbocycles. The molecule has 0 unspecified atom stereocenters. The van der Waals surface area contributed by atoms with E-state index in [2.05, 4.69) is 15.5 Å². The van der Waals surface area contributed by atoms with Crippen LogP contribution >= 0.6 is 0 Å². The molecule has 0 aliphatic rings. The highest BCUT2D eigenvalue weighted by Gasteiger charge is 2.32. The molecule has 4 N–H and O–H groups in total. The van der Waals surface area contributed by atoms with E-state index in [9.17, 15) is 4.79 Å². The average Bonchev–Trinajstić information content (AvgIpc) is 2.35. The van der Waals surface area contributed by atoms with Gasteiger partial charge < -0.3 is 16.3 Å². The van der Waals surface area contributed by atoms with Crippen molar-refractivity contribution in [3.05, 3.63) is 30.1 Å². The van der Waals surface area contributed by atoms with E-state index in [0.717, 1.165) is 5.56 Å². The zero-order valence-corrected chi connectivity index (χ0v) is 9.84. The topological polar surface area (TPSA) is 101 Å². The van der Waals surface area contributed by atoms with Crippen LogP contribution in [0.3, 0.4) is 0 Å². The fourth-order valence-electron chi connectivity index (χ4n) is 1.15. The zero-order valence-electron chi connectivity index (χ0n) is 9.84. The number of amides is 1. The molecule has 0 saturated heterocycles. The average molecular weight is 236 g/mol. The normalized spacial score (nSPS) is 12.2. The number of nitrogens with one attached hydrogen (secondary N) is 1. The highest BCUT2D eigenvalue weighted by atomic mass is 16.4. The van der Waals surface area contributed by atoms with Crippen LogP contribution in [-0.4, -0.2) is 21.9 Å². The predicted molar refractivity (Wildman–Crippen MR) is 63.3 cm³/mol. The summed E-state index contributed by atoms with van der Waals surface area (Å²) in [7, 11) is 0. The Kier molecular flexibility index (Phi) is 4.03. The second kappa shape index (κ2) is 5.29. The number of nitrogens with two attached hydrogens (primary N) is 1. The molecule has 0 aliphatic carbocycles. The SMILES string of the molecule is CC(C)(C(=O)NCc1cccnc1)C(N)=NO. The second-order valence-corrected chi connectivity index (χ2v) is 4.15. The van der Waals surface area contributed by atoms with Crippen LogP contribution in [0.5, 0.6) is 0 Å². The van der Waals surface area contributed by atoms with Crippen LogP contribution in [0.2, 0.25) is 0 Å². The molecule has 0 fully saturated rings. The minimum Gasteiger partial charge on any atom is -0.409 e. The molecular formula is C11H16N4O2. The van der Waals surface area contributed by atoms with Crippen molar-refractivity contribution in [2.24, 2.45) is 16.3 Å². The number of hydrogen-bond donors (Lipinski definition) is 3. The van der Waals surface area contributed by atoms with Crippen molar-refractivity contribution < 1.29 is 10.0 Å². The van der Waals surface area contributed by atoms with Crippen molar-refractivity contribution in [1.82, 2.24) is 10.3 Å². The van der Waals surface area contributed by atoms with E-state index in [4.69, 9.17) is 10.9 Å². The quantitative estimate of drug-likeness (QED) is 0.306. The van der Waals surface area contributed by atoms with Crippen LogP contribution in [0.1, 0.15) is 19.4 Å². The van der Waals surface area contributed by atoms with Crippen molar-refractivity contribution >= 4 is 11.7 Å². The Morgan fingerprint density at radius 1 is 1.65 bits per heavy atom. The van der Waals surface area contributed by atoms with Crippen LogP contribution < -0.4 is 11.1 Å². The molecule has 6 nitrogen and oxygen atoms in total. The van der Waals surface area contributed by atoms with Gasteiger partial charge in [-0.25, -0.2) is 0 Å². The maximum absolute atomic E-state index is 11.8. The van der Waals surface area contributed by atoms with Gasteiger partial charge in [-0.15, -0.1) is 0 Å². The molecule has 0 bridgehead atoms. The highest BCUT2D eigenvalue weighted by Crippen LogP contribution is 2.15. The third kappa shape index (κ3) is 3.17. The first kappa shape index (κ1) is 13.0. The fourth-order valence-corrected chi connectivity index (χ4v) is 1.15. The van der Waals surface area contributed by atoms with E-state index in [1.165, 1.54) is 0 Å². The molecule has 0 atom stereocenters. The van der Waals surface area contributed by atoms with Gasteiger partial charge in [0.05, 0.1) is 0 Å². The Balaban J connectivity index is 2.62. The summed E-state index contributed by atoms with van der Waals surface area (Å²) in [6.07, 6.45) is 3.32. The summed E-state index contributed by atoms with van der Waals surface area (Å²) in [4.78, 5) is 15.8. The van der Waals surface area contributed by atoms with Crippen molar-refractivity contribution in [2.75, 3.05) is 0 Å². The maximum atomic E-state index is 11.8. The number of oxime groups is 1. The summed E-state index contributed by atoms with van der Waals surface area (Å²) >= 11 is 0. The number of aromatic nitrogens is 1. The summed E-state index contributed by atoms with van der Waals surface area (Å²) in [6.45, 7) is 3.52. The van der Waals surface area contributed by atoms with Gasteiger partial charge in [0.25, 0.3) is 0 Å². The van der Waals surface area contributed by atoms with Gasteiger partial charge in [-0.05, 0) is 25.5 Å². The molecule has 1 aromatic heterocycles. The number of hydrogen-bond acceptors (Lipinski definition) is 4. The summed E-state index contributed by atoms with van der Waals surface area (Å²) in [5.41, 5.74) is 5.29. The summed E-state index contributed by atoms with van der Waals surface area (Å²) in [5, 5.41) is 14.1. The van der Waals surface area contributed by atoms with Gasteiger partial charge in [-0.2, -0.15) is 0 Å². The first-order chi connectivity index (χ1) is 7.98. The largest absolute Gasteiger partial charge is 0.409 e. The molecule has 0 aliphatic heterocycles. The number of carbonyl (C=O) groups excluding carboxylic acids is 1. The Morgan fingerprint density at radius 2 is 2.35 bits per heavy atom. The smallest absolute Gasteiger partial charge is 0.233 e. The minimum atomic E-state index is -1.04. The van der Waals surface area contributed by atoms with Gasteiger partial charge in [0, 0.05) is 18.9 Å². The molecule has 17 heavy (non-hydrogen) atoms. The Bertz CT molecular complexity index is 415. The third-order valence-electron chi connectivity index (χ3n) is 2.49. The van der Waals surface area contributed by atoms with Gasteiger partial charge in [0.1, 0.15) is 5.41 Å². The van der Waals surface area contributed by atoms with Crippen molar-refractivity contribution in [1.29, 1.82) is 0 Å². The fraction of sp³-hybridized carbons (Fsp3) is 0.364. The Morgan fingerprint density at radius 3 is 2.88 bits per heavy atom. The molecule has 6 heteroatoms. The maximum Gasteiger partial charge on any atom is 0.233 e. The molecule has 0 spiro atoms. The summed E-state index contributed by atoms with van der Waals surface area (Å²) < 4.78 is 0. The lowest BCUT2D eigenvalue weighted by atomic mass is 9.91.